The lowest BCUT2D eigenvalue weighted by atomic mass is 10.2. The summed E-state index contributed by atoms with van der Waals surface area (Å²) in [5.74, 6) is -0.324. The summed E-state index contributed by atoms with van der Waals surface area (Å²) >= 11 is 4.50. The van der Waals surface area contributed by atoms with Gasteiger partial charge in [-0.15, -0.1) is 11.3 Å². The van der Waals surface area contributed by atoms with E-state index in [4.69, 9.17) is 10.00 Å². The number of hydrogen-bond donors (Lipinski definition) is 0. The van der Waals surface area contributed by atoms with Crippen LogP contribution in [-0.4, -0.2) is 17.3 Å². The van der Waals surface area contributed by atoms with E-state index in [0.29, 0.717) is 9.35 Å². The summed E-state index contributed by atoms with van der Waals surface area (Å²) in [6, 6.07) is 7.37. The molecule has 0 amide bonds. The van der Waals surface area contributed by atoms with E-state index in [2.05, 4.69) is 15.9 Å². The molecule has 0 saturated heterocycles. The normalized spacial score (nSPS) is 9.90. The van der Waals surface area contributed by atoms with E-state index in [1.54, 1.807) is 11.4 Å². The van der Waals surface area contributed by atoms with Crippen molar-refractivity contribution in [3.63, 3.8) is 0 Å². The number of hydrogen-bond acceptors (Lipinski definition) is 6. The molecule has 106 valence electrons. The monoisotopic (exact) mass is 366 g/mol. The van der Waals surface area contributed by atoms with Crippen molar-refractivity contribution < 1.29 is 14.5 Å². The Labute approximate surface area is 131 Å². The van der Waals surface area contributed by atoms with Crippen LogP contribution in [0.3, 0.4) is 0 Å². The molecule has 1 aromatic heterocycles. The first-order valence-corrected chi connectivity index (χ1v) is 7.27. The molecule has 0 radical (unpaired) electrons. The average Bonchev–Trinajstić information content (AvgIpc) is 2.90. The summed E-state index contributed by atoms with van der Waals surface area (Å²) in [7, 11) is 0. The van der Waals surface area contributed by atoms with Crippen molar-refractivity contribution >= 4 is 38.7 Å². The largest absolute Gasteiger partial charge is 0.478 e. The summed E-state index contributed by atoms with van der Waals surface area (Å²) in [5, 5.41) is 21.4. The van der Waals surface area contributed by atoms with Crippen molar-refractivity contribution in [1.82, 2.24) is 0 Å². The van der Waals surface area contributed by atoms with E-state index in [9.17, 15) is 14.9 Å². The third kappa shape index (κ3) is 3.45. The van der Waals surface area contributed by atoms with E-state index in [1.807, 2.05) is 6.07 Å². The van der Waals surface area contributed by atoms with Crippen LogP contribution in [0.4, 0.5) is 5.69 Å². The average molecular weight is 367 g/mol. The summed E-state index contributed by atoms with van der Waals surface area (Å²) in [4.78, 5) is 22.7. The van der Waals surface area contributed by atoms with Gasteiger partial charge in [-0.25, -0.2) is 0 Å². The van der Waals surface area contributed by atoms with Gasteiger partial charge in [-0.05, 0) is 39.5 Å². The summed E-state index contributed by atoms with van der Waals surface area (Å²) in [6.07, 6.45) is 0. The maximum Gasteiger partial charge on any atom is 0.312 e. The molecule has 0 fully saturated rings. The number of ether oxygens (including phenoxy) is 1. The van der Waals surface area contributed by atoms with Gasteiger partial charge in [0.15, 0.2) is 12.4 Å². The van der Waals surface area contributed by atoms with E-state index in [1.165, 1.54) is 23.5 Å². The molecule has 0 unspecified atom stereocenters. The zero-order valence-electron chi connectivity index (χ0n) is 10.4. The SMILES string of the molecule is N#Cc1ccc(OCC(=O)c2sccc2Br)c([N+](=O)[O-])c1. The fraction of sp³-hybridized carbons (Fsp3) is 0.0769. The maximum atomic E-state index is 11.9. The smallest absolute Gasteiger partial charge is 0.312 e. The van der Waals surface area contributed by atoms with E-state index < -0.39 is 4.92 Å². The first-order valence-electron chi connectivity index (χ1n) is 5.60. The minimum Gasteiger partial charge on any atom is -0.478 e. The number of nitriles is 1. The molecule has 0 aliphatic carbocycles. The van der Waals surface area contributed by atoms with E-state index in [-0.39, 0.29) is 29.4 Å². The Morgan fingerprint density at radius 1 is 1.48 bits per heavy atom. The highest BCUT2D eigenvalue weighted by Gasteiger charge is 2.18. The Morgan fingerprint density at radius 2 is 2.24 bits per heavy atom. The van der Waals surface area contributed by atoms with Crippen LogP contribution in [0.25, 0.3) is 0 Å². The second-order valence-corrected chi connectivity index (χ2v) is 5.63. The quantitative estimate of drug-likeness (QED) is 0.458. The standard InChI is InChI=1S/C13H7BrN2O4S/c14-9-3-4-21-13(9)11(17)7-20-12-2-1-8(6-15)5-10(12)16(18)19/h1-5H,7H2. The Hall–Kier alpha value is -2.24. The fourth-order valence-corrected chi connectivity index (χ4v) is 3.07. The fourth-order valence-electron chi connectivity index (χ4n) is 1.55. The Kier molecular flexibility index (Phi) is 4.67. The van der Waals surface area contributed by atoms with Crippen molar-refractivity contribution in [2.45, 2.75) is 0 Å². The van der Waals surface area contributed by atoms with E-state index >= 15 is 0 Å². The molecule has 6 nitrogen and oxygen atoms in total. The highest BCUT2D eigenvalue weighted by molar-refractivity contribution is 9.10. The molecular formula is C13H7BrN2O4S. The van der Waals surface area contributed by atoms with Crippen LogP contribution in [0.5, 0.6) is 5.75 Å². The third-order valence-corrected chi connectivity index (χ3v) is 4.39. The second kappa shape index (κ2) is 6.47. The lowest BCUT2D eigenvalue weighted by Crippen LogP contribution is -2.11. The number of nitro groups is 1. The molecule has 0 atom stereocenters. The van der Waals surface area contributed by atoms with Crippen LogP contribution in [-0.2, 0) is 0 Å². The topological polar surface area (TPSA) is 93.2 Å². The Bertz CT molecular complexity index is 751. The Balaban J connectivity index is 2.17. The van der Waals surface area contributed by atoms with Crippen LogP contribution >= 0.6 is 27.3 Å². The van der Waals surface area contributed by atoms with Crippen LogP contribution in [0.1, 0.15) is 15.2 Å². The lowest BCUT2D eigenvalue weighted by Gasteiger charge is -2.06. The van der Waals surface area contributed by atoms with Crippen molar-refractivity contribution in [2.75, 3.05) is 6.61 Å². The zero-order chi connectivity index (χ0) is 15.4. The van der Waals surface area contributed by atoms with Crippen LogP contribution in [0.2, 0.25) is 0 Å². The van der Waals surface area contributed by atoms with Gasteiger partial charge in [0.05, 0.1) is 21.4 Å². The Morgan fingerprint density at radius 3 is 2.81 bits per heavy atom. The predicted molar refractivity (Wildman–Crippen MR) is 79.7 cm³/mol. The molecule has 2 aromatic rings. The number of thiophene rings is 1. The molecule has 1 heterocycles. The maximum absolute atomic E-state index is 11.9. The molecule has 0 N–H and O–H groups in total. The highest BCUT2D eigenvalue weighted by atomic mass is 79.9. The number of nitrogens with zero attached hydrogens (tertiary/aromatic N) is 2. The molecule has 0 aliphatic rings. The van der Waals surface area contributed by atoms with Gasteiger partial charge in [0, 0.05) is 10.5 Å². The number of carbonyl (C=O) groups excluding carboxylic acids is 1. The molecule has 21 heavy (non-hydrogen) atoms. The number of nitro benzene ring substituents is 1. The van der Waals surface area contributed by atoms with Gasteiger partial charge in [-0.3, -0.25) is 14.9 Å². The second-order valence-electron chi connectivity index (χ2n) is 3.86. The molecule has 8 heteroatoms. The third-order valence-electron chi connectivity index (χ3n) is 2.51. The minimum atomic E-state index is -0.651. The van der Waals surface area contributed by atoms with Gasteiger partial charge in [-0.1, -0.05) is 0 Å². The number of ketones is 1. The lowest BCUT2D eigenvalue weighted by molar-refractivity contribution is -0.385. The zero-order valence-corrected chi connectivity index (χ0v) is 12.8. The number of benzene rings is 1. The van der Waals surface area contributed by atoms with Crippen LogP contribution in [0, 0.1) is 21.4 Å². The first-order chi connectivity index (χ1) is 10.0. The van der Waals surface area contributed by atoms with Crippen molar-refractivity contribution in [3.8, 4) is 11.8 Å². The number of Topliss-reactive ketones (excluding diaryl/α,β-unsaturated/α-hetero) is 1. The predicted octanol–water partition coefficient (Wildman–Crippen LogP) is 3.55. The minimum absolute atomic E-state index is 0.0416. The molecule has 1 aromatic carbocycles. The van der Waals surface area contributed by atoms with Crippen LogP contribution in [0.15, 0.2) is 34.1 Å². The number of rotatable bonds is 5. The van der Waals surface area contributed by atoms with Gasteiger partial charge in [0.25, 0.3) is 0 Å². The molecule has 0 saturated carbocycles. The van der Waals surface area contributed by atoms with Gasteiger partial charge in [-0.2, -0.15) is 5.26 Å². The molecule has 0 aliphatic heterocycles. The van der Waals surface area contributed by atoms with Crippen molar-refractivity contribution in [2.24, 2.45) is 0 Å². The summed E-state index contributed by atoms with van der Waals surface area (Å²) < 4.78 is 5.89. The molecule has 0 spiro atoms. The van der Waals surface area contributed by atoms with Crippen molar-refractivity contribution in [3.05, 3.63) is 54.7 Å². The van der Waals surface area contributed by atoms with Gasteiger partial charge >= 0.3 is 5.69 Å². The number of carbonyl (C=O) groups is 1. The number of halogens is 1. The van der Waals surface area contributed by atoms with Gasteiger partial charge < -0.3 is 4.74 Å². The van der Waals surface area contributed by atoms with Crippen LogP contribution < -0.4 is 4.74 Å². The van der Waals surface area contributed by atoms with Gasteiger partial charge in [0.2, 0.25) is 5.78 Å². The molecule has 0 bridgehead atoms. The first kappa shape index (κ1) is 15.2. The summed E-state index contributed by atoms with van der Waals surface area (Å²) in [5.41, 5.74) is -0.187. The molecule has 2 rings (SSSR count). The highest BCUT2D eigenvalue weighted by Crippen LogP contribution is 2.29. The molecular weight excluding hydrogens is 360 g/mol. The summed E-state index contributed by atoms with van der Waals surface area (Å²) in [6.45, 7) is -0.314. The van der Waals surface area contributed by atoms with Crippen molar-refractivity contribution in [1.29, 1.82) is 5.26 Å². The van der Waals surface area contributed by atoms with E-state index in [0.717, 1.165) is 6.07 Å². The van der Waals surface area contributed by atoms with Gasteiger partial charge in [0.1, 0.15) is 0 Å².